The number of nitrogens with one attached hydrogen (secondary N) is 1. The fourth-order valence-electron chi connectivity index (χ4n) is 4.65. The number of anilines is 1. The molecule has 170 valence electrons. The maximum Gasteiger partial charge on any atom is 0.165 e. The molecule has 0 aromatic carbocycles. The van der Waals surface area contributed by atoms with Crippen molar-refractivity contribution in [3.63, 3.8) is 0 Å². The van der Waals surface area contributed by atoms with E-state index in [1.54, 1.807) is 5.01 Å². The van der Waals surface area contributed by atoms with Gasteiger partial charge in [-0.3, -0.25) is 0 Å². The maximum atomic E-state index is 6.24. The zero-order valence-electron chi connectivity index (χ0n) is 18.2. The van der Waals surface area contributed by atoms with Gasteiger partial charge in [0.25, 0.3) is 0 Å². The number of nitrogens with two attached hydrogens (primary N) is 4. The lowest BCUT2D eigenvalue weighted by molar-refractivity contribution is 0.307. The summed E-state index contributed by atoms with van der Waals surface area (Å²) >= 11 is 0. The van der Waals surface area contributed by atoms with Gasteiger partial charge < -0.3 is 32.1 Å². The summed E-state index contributed by atoms with van der Waals surface area (Å²) in [6, 6.07) is 0.368. The van der Waals surface area contributed by atoms with Crippen molar-refractivity contribution in [2.24, 2.45) is 29.1 Å². The van der Waals surface area contributed by atoms with E-state index in [-0.39, 0.29) is 0 Å². The molecule has 3 unspecified atom stereocenters. The fourth-order valence-corrected chi connectivity index (χ4v) is 4.65. The van der Waals surface area contributed by atoms with Gasteiger partial charge in [-0.15, -0.1) is 0 Å². The molecule has 0 bridgehead atoms. The summed E-state index contributed by atoms with van der Waals surface area (Å²) < 4.78 is 2.13. The third-order valence-corrected chi connectivity index (χ3v) is 6.02. The topological polar surface area (TPSA) is 163 Å². The van der Waals surface area contributed by atoms with Crippen LogP contribution in [0.25, 0.3) is 11.2 Å². The molecule has 2 fully saturated rings. The molecule has 2 aromatic heterocycles. The number of hydrazine groups is 1. The van der Waals surface area contributed by atoms with E-state index in [1.807, 2.05) is 12.5 Å². The van der Waals surface area contributed by atoms with E-state index in [0.717, 1.165) is 56.7 Å². The lowest BCUT2D eigenvalue weighted by Gasteiger charge is -2.24. The highest BCUT2D eigenvalue weighted by Crippen LogP contribution is 2.36. The lowest BCUT2D eigenvalue weighted by Crippen LogP contribution is -2.33. The highest BCUT2D eigenvalue weighted by atomic mass is 15.4. The van der Waals surface area contributed by atoms with E-state index in [2.05, 4.69) is 37.1 Å². The molecule has 0 spiro atoms. The molecule has 1 aliphatic carbocycles. The second-order valence-electron chi connectivity index (χ2n) is 8.47. The lowest BCUT2D eigenvalue weighted by atomic mass is 9.95. The first-order chi connectivity index (χ1) is 15.0. The molecule has 0 amide bonds. The van der Waals surface area contributed by atoms with Crippen molar-refractivity contribution in [3.8, 4) is 0 Å². The number of rotatable bonds is 6. The van der Waals surface area contributed by atoms with Crippen LogP contribution in [0.2, 0.25) is 0 Å². The average Bonchev–Trinajstić information content (AvgIpc) is 3.36. The Balaban J connectivity index is 0.000000858. The molecule has 2 aliphatic rings. The van der Waals surface area contributed by atoms with Crippen LogP contribution in [-0.4, -0.2) is 44.2 Å². The van der Waals surface area contributed by atoms with Gasteiger partial charge in [0.2, 0.25) is 0 Å². The molecule has 2 aromatic rings. The highest BCUT2D eigenvalue weighted by molar-refractivity contribution is 5.81. The summed E-state index contributed by atoms with van der Waals surface area (Å²) in [6.45, 7) is 6.12. The Hall–Kier alpha value is -2.85. The minimum absolute atomic E-state index is 0.368. The molecule has 9 N–H and O–H groups in total. The number of nitrogens with zero attached hydrogens (tertiary/aromatic N) is 5. The van der Waals surface area contributed by atoms with Crippen LogP contribution in [0.4, 0.5) is 5.82 Å². The van der Waals surface area contributed by atoms with E-state index in [4.69, 9.17) is 17.3 Å². The van der Waals surface area contributed by atoms with Crippen LogP contribution in [0.15, 0.2) is 37.3 Å². The summed E-state index contributed by atoms with van der Waals surface area (Å²) in [4.78, 5) is 12.8. The van der Waals surface area contributed by atoms with E-state index >= 15 is 0 Å². The molecule has 1 saturated carbocycles. The molecular formula is C21H36N10. The van der Waals surface area contributed by atoms with Gasteiger partial charge >= 0.3 is 0 Å². The van der Waals surface area contributed by atoms with Crippen molar-refractivity contribution in [1.82, 2.24) is 29.8 Å². The van der Waals surface area contributed by atoms with Crippen molar-refractivity contribution in [2.75, 3.05) is 25.4 Å². The van der Waals surface area contributed by atoms with Crippen LogP contribution >= 0.6 is 0 Å². The van der Waals surface area contributed by atoms with Gasteiger partial charge in [-0.05, 0) is 69.7 Å². The van der Waals surface area contributed by atoms with Crippen molar-refractivity contribution < 1.29 is 0 Å². The van der Waals surface area contributed by atoms with Gasteiger partial charge in [0, 0.05) is 24.5 Å². The van der Waals surface area contributed by atoms with Crippen molar-refractivity contribution in [3.05, 3.63) is 37.3 Å². The predicted octanol–water partition coefficient (Wildman–Crippen LogP) is 1.20. The standard InChI is InChI=1S/C19H31N9.C2H5N/c20-15(6-13-2-1-5-23-8-13)10-27(22)9-14-3-4-16(7-14)28-12-26-17-18(21)24-11-25-19(17)28;1-2-3/h10-14,16,23H,1-9,20,22H2,(H2,21,24,25);2H,1,3H2/b15-10-;. The Morgan fingerprint density at radius 3 is 2.81 bits per heavy atom. The van der Waals surface area contributed by atoms with Crippen LogP contribution < -0.4 is 28.4 Å². The minimum atomic E-state index is 0.368. The quantitative estimate of drug-likeness (QED) is 0.336. The van der Waals surface area contributed by atoms with E-state index in [0.29, 0.717) is 29.2 Å². The Morgan fingerprint density at radius 1 is 1.26 bits per heavy atom. The van der Waals surface area contributed by atoms with Gasteiger partial charge in [-0.1, -0.05) is 6.58 Å². The number of hydrogen-bond donors (Lipinski definition) is 5. The van der Waals surface area contributed by atoms with Crippen molar-refractivity contribution >= 4 is 17.0 Å². The molecule has 1 aliphatic heterocycles. The molecular weight excluding hydrogens is 392 g/mol. The van der Waals surface area contributed by atoms with Crippen LogP contribution in [0.3, 0.4) is 0 Å². The van der Waals surface area contributed by atoms with Crippen molar-refractivity contribution in [2.45, 2.75) is 44.6 Å². The molecule has 1 saturated heterocycles. The average molecular weight is 429 g/mol. The number of imidazole rings is 1. The summed E-state index contributed by atoms with van der Waals surface area (Å²) in [5, 5.41) is 5.20. The van der Waals surface area contributed by atoms with Crippen LogP contribution in [-0.2, 0) is 0 Å². The summed E-state index contributed by atoms with van der Waals surface area (Å²) in [5.74, 6) is 7.81. The van der Waals surface area contributed by atoms with E-state index < -0.39 is 0 Å². The van der Waals surface area contributed by atoms with Gasteiger partial charge in [0.05, 0.1) is 6.33 Å². The largest absolute Gasteiger partial charge is 0.405 e. The first-order valence-corrected chi connectivity index (χ1v) is 11.0. The van der Waals surface area contributed by atoms with Gasteiger partial charge in [-0.2, -0.15) is 0 Å². The number of allylic oxidation sites excluding steroid dienone is 1. The van der Waals surface area contributed by atoms with Crippen LogP contribution in [0.1, 0.15) is 44.6 Å². The number of fused-ring (bicyclic) bond motifs is 1. The third kappa shape index (κ3) is 6.08. The first kappa shape index (κ1) is 22.8. The summed E-state index contributed by atoms with van der Waals surface area (Å²) in [5.41, 5.74) is 19.1. The monoisotopic (exact) mass is 428 g/mol. The zero-order chi connectivity index (χ0) is 22.2. The number of piperidine rings is 1. The third-order valence-electron chi connectivity index (χ3n) is 6.02. The molecule has 4 rings (SSSR count). The van der Waals surface area contributed by atoms with Gasteiger partial charge in [0.1, 0.15) is 11.8 Å². The van der Waals surface area contributed by atoms with Crippen molar-refractivity contribution in [1.29, 1.82) is 0 Å². The van der Waals surface area contributed by atoms with E-state index in [9.17, 15) is 0 Å². The van der Waals surface area contributed by atoms with Crippen LogP contribution in [0, 0.1) is 11.8 Å². The predicted molar refractivity (Wildman–Crippen MR) is 124 cm³/mol. The number of aromatic nitrogens is 4. The van der Waals surface area contributed by atoms with Crippen LogP contribution in [0.5, 0.6) is 0 Å². The Bertz CT molecular complexity index is 870. The highest BCUT2D eigenvalue weighted by Gasteiger charge is 2.28. The molecule has 31 heavy (non-hydrogen) atoms. The molecule has 3 atom stereocenters. The second kappa shape index (κ2) is 11.0. The maximum absolute atomic E-state index is 6.24. The van der Waals surface area contributed by atoms with E-state index in [1.165, 1.54) is 25.4 Å². The number of nitrogen functional groups attached to an aromatic ring is 1. The molecule has 10 heteroatoms. The smallest absolute Gasteiger partial charge is 0.165 e. The Kier molecular flexibility index (Phi) is 8.07. The second-order valence-corrected chi connectivity index (χ2v) is 8.47. The Labute approximate surface area is 183 Å². The summed E-state index contributed by atoms with van der Waals surface area (Å²) in [6.07, 6.45) is 13.1. The molecule has 0 radical (unpaired) electrons. The normalized spacial score (nSPS) is 23.9. The van der Waals surface area contributed by atoms with Gasteiger partial charge in [0.15, 0.2) is 11.5 Å². The number of hydrogen-bond acceptors (Lipinski definition) is 9. The Morgan fingerprint density at radius 2 is 2.06 bits per heavy atom. The molecule has 10 nitrogen and oxygen atoms in total. The minimum Gasteiger partial charge on any atom is -0.405 e. The fraction of sp³-hybridized carbons (Fsp3) is 0.571. The summed E-state index contributed by atoms with van der Waals surface area (Å²) in [7, 11) is 0. The zero-order valence-corrected chi connectivity index (χ0v) is 18.2. The molecule has 3 heterocycles. The van der Waals surface area contributed by atoms with Gasteiger partial charge in [-0.25, -0.2) is 20.8 Å². The first-order valence-electron chi connectivity index (χ1n) is 11.0. The SMILES string of the molecule is C=CN.N/C(=C\N(N)CC1CCC(n2cnc3c(N)ncnc32)C1)CC1CCCNC1.